The number of hydrogen-bond donors (Lipinski definition) is 2. The SMILES string of the molecule is O=C(Nc1nccnn1)[C@@H]1Cc2ccccc2N1. The van der Waals surface area contributed by atoms with Crippen molar-refractivity contribution in [3.63, 3.8) is 0 Å². The van der Waals surface area contributed by atoms with Crippen molar-refractivity contribution in [1.82, 2.24) is 15.2 Å². The minimum atomic E-state index is -0.286. The van der Waals surface area contributed by atoms with E-state index >= 15 is 0 Å². The van der Waals surface area contributed by atoms with Crippen LogP contribution in [0.1, 0.15) is 5.56 Å². The lowest BCUT2D eigenvalue weighted by Crippen LogP contribution is -2.33. The first-order chi connectivity index (χ1) is 8.83. The minimum Gasteiger partial charge on any atom is -0.373 e. The van der Waals surface area contributed by atoms with Crippen LogP contribution in [0, 0.1) is 0 Å². The molecule has 6 heteroatoms. The van der Waals surface area contributed by atoms with E-state index in [1.54, 1.807) is 0 Å². The third kappa shape index (κ3) is 2.00. The molecule has 18 heavy (non-hydrogen) atoms. The monoisotopic (exact) mass is 241 g/mol. The topological polar surface area (TPSA) is 79.8 Å². The fourth-order valence-corrected chi connectivity index (χ4v) is 1.96. The van der Waals surface area contributed by atoms with Gasteiger partial charge in [0.15, 0.2) is 0 Å². The lowest BCUT2D eigenvalue weighted by Gasteiger charge is -2.10. The number of fused-ring (bicyclic) bond motifs is 1. The highest BCUT2D eigenvalue weighted by atomic mass is 16.2. The Morgan fingerprint density at radius 2 is 2.22 bits per heavy atom. The summed E-state index contributed by atoms with van der Waals surface area (Å²) in [4.78, 5) is 15.9. The van der Waals surface area contributed by atoms with Gasteiger partial charge in [0.2, 0.25) is 11.9 Å². The van der Waals surface area contributed by atoms with Crippen molar-refractivity contribution in [3.05, 3.63) is 42.2 Å². The van der Waals surface area contributed by atoms with Gasteiger partial charge in [0.05, 0.1) is 12.4 Å². The minimum absolute atomic E-state index is 0.154. The second-order valence-corrected chi connectivity index (χ2v) is 4.01. The van der Waals surface area contributed by atoms with Crippen LogP contribution in [-0.2, 0) is 11.2 Å². The molecule has 2 N–H and O–H groups in total. The Hall–Kier alpha value is -2.50. The summed E-state index contributed by atoms with van der Waals surface area (Å²) in [5, 5.41) is 13.2. The van der Waals surface area contributed by atoms with E-state index in [1.165, 1.54) is 12.4 Å². The summed E-state index contributed by atoms with van der Waals surface area (Å²) in [6.45, 7) is 0. The van der Waals surface area contributed by atoms with E-state index in [1.807, 2.05) is 24.3 Å². The second kappa shape index (κ2) is 4.40. The molecule has 0 bridgehead atoms. The van der Waals surface area contributed by atoms with E-state index in [0.29, 0.717) is 6.42 Å². The fraction of sp³-hybridized carbons (Fsp3) is 0.167. The molecule has 1 atom stereocenters. The highest BCUT2D eigenvalue weighted by Crippen LogP contribution is 2.25. The van der Waals surface area contributed by atoms with Crippen LogP contribution < -0.4 is 10.6 Å². The number of hydrogen-bond acceptors (Lipinski definition) is 5. The number of para-hydroxylation sites is 1. The number of carbonyl (C=O) groups excluding carboxylic acids is 1. The number of aromatic nitrogens is 3. The van der Waals surface area contributed by atoms with Gasteiger partial charge < -0.3 is 5.32 Å². The van der Waals surface area contributed by atoms with Crippen molar-refractivity contribution in [2.45, 2.75) is 12.5 Å². The molecule has 0 unspecified atom stereocenters. The quantitative estimate of drug-likeness (QED) is 0.814. The lowest BCUT2D eigenvalue weighted by molar-refractivity contribution is -0.116. The zero-order valence-corrected chi connectivity index (χ0v) is 9.50. The molecule has 1 aromatic carbocycles. The molecule has 0 saturated heterocycles. The van der Waals surface area contributed by atoms with E-state index in [9.17, 15) is 4.79 Å². The predicted octanol–water partition coefficient (Wildman–Crippen LogP) is 0.847. The summed E-state index contributed by atoms with van der Waals surface area (Å²) in [5.74, 6) is 0.0689. The molecule has 1 aliphatic heterocycles. The molecule has 0 radical (unpaired) electrons. The Bertz CT molecular complexity index is 547. The van der Waals surface area contributed by atoms with Crippen LogP contribution in [0.4, 0.5) is 11.6 Å². The summed E-state index contributed by atoms with van der Waals surface area (Å²) in [7, 11) is 0. The number of amides is 1. The molecule has 0 spiro atoms. The van der Waals surface area contributed by atoms with Crippen molar-refractivity contribution in [3.8, 4) is 0 Å². The van der Waals surface area contributed by atoms with E-state index in [0.717, 1.165) is 11.3 Å². The van der Waals surface area contributed by atoms with Gasteiger partial charge in [-0.3, -0.25) is 10.1 Å². The van der Waals surface area contributed by atoms with Crippen LogP contribution in [-0.4, -0.2) is 27.1 Å². The smallest absolute Gasteiger partial charge is 0.249 e. The Kier molecular flexibility index (Phi) is 2.60. The fourth-order valence-electron chi connectivity index (χ4n) is 1.96. The van der Waals surface area contributed by atoms with Gasteiger partial charge in [-0.25, -0.2) is 4.98 Å². The molecule has 6 nitrogen and oxygen atoms in total. The third-order valence-electron chi connectivity index (χ3n) is 2.81. The summed E-state index contributed by atoms with van der Waals surface area (Å²) >= 11 is 0. The van der Waals surface area contributed by atoms with Gasteiger partial charge >= 0.3 is 0 Å². The highest BCUT2D eigenvalue weighted by Gasteiger charge is 2.26. The van der Waals surface area contributed by atoms with E-state index in [4.69, 9.17) is 0 Å². The van der Waals surface area contributed by atoms with Gasteiger partial charge in [-0.2, -0.15) is 5.10 Å². The van der Waals surface area contributed by atoms with Crippen molar-refractivity contribution in [2.24, 2.45) is 0 Å². The number of anilines is 2. The molecule has 1 aliphatic rings. The molecular formula is C12H11N5O. The average molecular weight is 241 g/mol. The van der Waals surface area contributed by atoms with E-state index in [-0.39, 0.29) is 17.9 Å². The first-order valence-electron chi connectivity index (χ1n) is 5.62. The van der Waals surface area contributed by atoms with Gasteiger partial charge in [-0.15, -0.1) is 5.10 Å². The third-order valence-corrected chi connectivity index (χ3v) is 2.81. The molecule has 2 aromatic rings. The van der Waals surface area contributed by atoms with Crippen LogP contribution in [0.15, 0.2) is 36.7 Å². The maximum Gasteiger partial charge on any atom is 0.249 e. The Balaban J connectivity index is 1.70. The molecule has 0 fully saturated rings. The highest BCUT2D eigenvalue weighted by molar-refractivity contribution is 5.96. The van der Waals surface area contributed by atoms with Gasteiger partial charge in [0.25, 0.3) is 0 Å². The number of nitrogens with zero attached hydrogens (tertiary/aromatic N) is 3. The normalized spacial score (nSPS) is 16.8. The van der Waals surface area contributed by atoms with Crippen molar-refractivity contribution >= 4 is 17.5 Å². The van der Waals surface area contributed by atoms with Crippen LogP contribution in [0.25, 0.3) is 0 Å². The number of rotatable bonds is 2. The lowest BCUT2D eigenvalue weighted by atomic mass is 10.1. The number of carbonyl (C=O) groups is 1. The zero-order chi connectivity index (χ0) is 12.4. The first kappa shape index (κ1) is 10.6. The average Bonchev–Trinajstić information content (AvgIpc) is 2.84. The van der Waals surface area contributed by atoms with Gasteiger partial charge in [0, 0.05) is 12.1 Å². The maximum atomic E-state index is 12.0. The summed E-state index contributed by atoms with van der Waals surface area (Å²) in [6, 6.07) is 7.59. The second-order valence-electron chi connectivity index (χ2n) is 4.01. The van der Waals surface area contributed by atoms with Crippen molar-refractivity contribution in [1.29, 1.82) is 0 Å². The van der Waals surface area contributed by atoms with Crippen LogP contribution in [0.5, 0.6) is 0 Å². The van der Waals surface area contributed by atoms with Crippen LogP contribution in [0.2, 0.25) is 0 Å². The molecule has 1 amide bonds. The maximum absolute atomic E-state index is 12.0. The van der Waals surface area contributed by atoms with Crippen molar-refractivity contribution < 1.29 is 4.79 Å². The van der Waals surface area contributed by atoms with E-state index < -0.39 is 0 Å². The molecule has 0 saturated carbocycles. The van der Waals surface area contributed by atoms with E-state index in [2.05, 4.69) is 25.8 Å². The largest absolute Gasteiger partial charge is 0.373 e. The van der Waals surface area contributed by atoms with Gasteiger partial charge in [-0.1, -0.05) is 18.2 Å². The summed E-state index contributed by atoms with van der Waals surface area (Å²) < 4.78 is 0. The first-order valence-corrected chi connectivity index (χ1v) is 5.62. The Morgan fingerprint density at radius 1 is 1.33 bits per heavy atom. The van der Waals surface area contributed by atoms with Gasteiger partial charge in [-0.05, 0) is 11.6 Å². The summed E-state index contributed by atoms with van der Waals surface area (Å²) in [5.41, 5.74) is 2.15. The standard InChI is InChI=1S/C12H11N5O/c18-11(16-12-13-5-6-14-17-12)10-7-8-3-1-2-4-9(8)15-10/h1-6,10,15H,7H2,(H,13,16,17,18)/t10-/m0/s1. The Labute approximate surface area is 103 Å². The summed E-state index contributed by atoms with van der Waals surface area (Å²) in [6.07, 6.45) is 3.61. The number of nitrogens with one attached hydrogen (secondary N) is 2. The number of benzene rings is 1. The molecule has 3 rings (SSSR count). The van der Waals surface area contributed by atoms with Gasteiger partial charge in [0.1, 0.15) is 6.04 Å². The predicted molar refractivity (Wildman–Crippen MR) is 66.0 cm³/mol. The molecule has 1 aromatic heterocycles. The van der Waals surface area contributed by atoms with Crippen LogP contribution in [0.3, 0.4) is 0 Å². The molecular weight excluding hydrogens is 230 g/mol. The zero-order valence-electron chi connectivity index (χ0n) is 9.50. The molecule has 0 aliphatic carbocycles. The van der Waals surface area contributed by atoms with Crippen LogP contribution >= 0.6 is 0 Å². The Morgan fingerprint density at radius 3 is 3.00 bits per heavy atom. The molecule has 2 heterocycles. The van der Waals surface area contributed by atoms with Crippen molar-refractivity contribution in [2.75, 3.05) is 10.6 Å². The molecule has 90 valence electrons.